The Hall–Kier alpha value is -2.53. The third kappa shape index (κ3) is 4.26. The standard InChI is InChI=1S/C19H22N2O3/c1-20(19(22)9-8-18-3-2-12-24-18)15-16-4-6-17(7-5-16)21-10-13-23-14-11-21/h2-9,12H,10-11,13-15H2,1H3. The van der Waals surface area contributed by atoms with Gasteiger partial charge in [0.1, 0.15) is 5.76 Å². The molecular formula is C19H22N2O3. The van der Waals surface area contributed by atoms with E-state index in [2.05, 4.69) is 29.2 Å². The molecular weight excluding hydrogens is 304 g/mol. The van der Waals surface area contributed by atoms with E-state index in [1.54, 1.807) is 30.4 Å². The molecule has 2 aromatic rings. The van der Waals surface area contributed by atoms with E-state index >= 15 is 0 Å². The van der Waals surface area contributed by atoms with Crippen LogP contribution in [0.4, 0.5) is 5.69 Å². The van der Waals surface area contributed by atoms with Gasteiger partial charge in [0.25, 0.3) is 0 Å². The molecule has 0 saturated carbocycles. The molecule has 1 aliphatic heterocycles. The van der Waals surface area contributed by atoms with Crippen LogP contribution >= 0.6 is 0 Å². The Labute approximate surface area is 142 Å². The first-order chi connectivity index (χ1) is 11.7. The van der Waals surface area contributed by atoms with E-state index in [0.717, 1.165) is 31.9 Å². The van der Waals surface area contributed by atoms with Gasteiger partial charge < -0.3 is 19.0 Å². The second kappa shape index (κ2) is 7.84. The maximum absolute atomic E-state index is 12.1. The number of likely N-dealkylation sites (N-methyl/N-ethyl adjacent to an activating group) is 1. The number of anilines is 1. The summed E-state index contributed by atoms with van der Waals surface area (Å²) in [5.41, 5.74) is 2.31. The summed E-state index contributed by atoms with van der Waals surface area (Å²) >= 11 is 0. The minimum atomic E-state index is -0.0522. The molecule has 1 saturated heterocycles. The van der Waals surface area contributed by atoms with Crippen molar-refractivity contribution in [2.24, 2.45) is 0 Å². The van der Waals surface area contributed by atoms with E-state index in [4.69, 9.17) is 9.15 Å². The van der Waals surface area contributed by atoms with Crippen LogP contribution in [0.3, 0.4) is 0 Å². The number of ether oxygens (including phenoxy) is 1. The highest BCUT2D eigenvalue weighted by molar-refractivity contribution is 5.91. The van der Waals surface area contributed by atoms with Gasteiger partial charge in [0.05, 0.1) is 19.5 Å². The Morgan fingerprint density at radius 1 is 1.21 bits per heavy atom. The maximum Gasteiger partial charge on any atom is 0.246 e. The first-order valence-electron chi connectivity index (χ1n) is 8.11. The van der Waals surface area contributed by atoms with Crippen molar-refractivity contribution >= 4 is 17.7 Å². The SMILES string of the molecule is CN(Cc1ccc(N2CCOCC2)cc1)C(=O)C=Cc1ccco1. The van der Waals surface area contributed by atoms with Gasteiger partial charge in [-0.2, -0.15) is 0 Å². The molecule has 0 spiro atoms. The first-order valence-corrected chi connectivity index (χ1v) is 8.11. The van der Waals surface area contributed by atoms with E-state index in [-0.39, 0.29) is 5.91 Å². The molecule has 1 aliphatic rings. The summed E-state index contributed by atoms with van der Waals surface area (Å²) in [6.07, 6.45) is 4.80. The van der Waals surface area contributed by atoms with Crippen LogP contribution < -0.4 is 4.90 Å². The van der Waals surface area contributed by atoms with Crippen molar-refractivity contribution in [3.63, 3.8) is 0 Å². The van der Waals surface area contributed by atoms with Crippen LogP contribution in [0.15, 0.2) is 53.2 Å². The molecule has 2 heterocycles. The number of carbonyl (C=O) groups excluding carboxylic acids is 1. The van der Waals surface area contributed by atoms with Gasteiger partial charge in [-0.15, -0.1) is 0 Å². The number of furan rings is 1. The molecule has 1 aromatic carbocycles. The zero-order valence-corrected chi connectivity index (χ0v) is 13.9. The van der Waals surface area contributed by atoms with Crippen molar-refractivity contribution in [3.8, 4) is 0 Å². The number of hydrogen-bond donors (Lipinski definition) is 0. The number of amides is 1. The third-order valence-corrected chi connectivity index (χ3v) is 4.04. The molecule has 0 radical (unpaired) electrons. The van der Waals surface area contributed by atoms with Gasteiger partial charge in [-0.3, -0.25) is 4.79 Å². The zero-order chi connectivity index (χ0) is 16.8. The smallest absolute Gasteiger partial charge is 0.246 e. The molecule has 3 rings (SSSR count). The van der Waals surface area contributed by atoms with E-state index in [0.29, 0.717) is 12.3 Å². The summed E-state index contributed by atoms with van der Waals surface area (Å²) in [5.74, 6) is 0.621. The van der Waals surface area contributed by atoms with Crippen LogP contribution in [-0.2, 0) is 16.1 Å². The summed E-state index contributed by atoms with van der Waals surface area (Å²) in [5, 5.41) is 0. The van der Waals surface area contributed by atoms with Crippen molar-refractivity contribution in [2.45, 2.75) is 6.54 Å². The summed E-state index contributed by atoms with van der Waals surface area (Å²) in [7, 11) is 1.80. The summed E-state index contributed by atoms with van der Waals surface area (Å²) in [4.78, 5) is 16.1. The molecule has 126 valence electrons. The van der Waals surface area contributed by atoms with Crippen LogP contribution in [-0.4, -0.2) is 44.2 Å². The van der Waals surface area contributed by atoms with Crippen molar-refractivity contribution < 1.29 is 13.9 Å². The molecule has 24 heavy (non-hydrogen) atoms. The highest BCUT2D eigenvalue weighted by atomic mass is 16.5. The molecule has 0 aliphatic carbocycles. The Balaban J connectivity index is 1.55. The normalized spacial score (nSPS) is 15.0. The predicted octanol–water partition coefficient (Wildman–Crippen LogP) is 2.79. The van der Waals surface area contributed by atoms with Crippen molar-refractivity contribution in [1.82, 2.24) is 4.90 Å². The van der Waals surface area contributed by atoms with Gasteiger partial charge >= 0.3 is 0 Å². The third-order valence-electron chi connectivity index (χ3n) is 4.04. The van der Waals surface area contributed by atoms with Crippen LogP contribution in [0, 0.1) is 0 Å². The molecule has 5 heteroatoms. The highest BCUT2D eigenvalue weighted by Gasteiger charge is 2.11. The lowest BCUT2D eigenvalue weighted by Crippen LogP contribution is -2.36. The average Bonchev–Trinajstić information content (AvgIpc) is 3.14. The van der Waals surface area contributed by atoms with Crippen molar-refractivity contribution in [2.75, 3.05) is 38.3 Å². The predicted molar refractivity (Wildman–Crippen MR) is 93.7 cm³/mol. The summed E-state index contributed by atoms with van der Waals surface area (Å²) < 4.78 is 10.6. The quantitative estimate of drug-likeness (QED) is 0.793. The Morgan fingerprint density at radius 3 is 2.62 bits per heavy atom. The molecule has 1 aromatic heterocycles. The minimum absolute atomic E-state index is 0.0522. The lowest BCUT2D eigenvalue weighted by molar-refractivity contribution is -0.125. The van der Waals surface area contributed by atoms with Crippen LogP contribution in [0.2, 0.25) is 0 Å². The molecule has 0 atom stereocenters. The second-order valence-electron chi connectivity index (χ2n) is 5.81. The van der Waals surface area contributed by atoms with Gasteiger partial charge in [-0.25, -0.2) is 0 Å². The average molecular weight is 326 g/mol. The maximum atomic E-state index is 12.1. The van der Waals surface area contributed by atoms with E-state index < -0.39 is 0 Å². The Morgan fingerprint density at radius 2 is 1.96 bits per heavy atom. The Kier molecular flexibility index (Phi) is 5.33. The number of benzene rings is 1. The lowest BCUT2D eigenvalue weighted by Gasteiger charge is -2.29. The minimum Gasteiger partial charge on any atom is -0.465 e. The van der Waals surface area contributed by atoms with Crippen LogP contribution in [0.1, 0.15) is 11.3 Å². The second-order valence-corrected chi connectivity index (χ2v) is 5.81. The fraction of sp³-hybridized carbons (Fsp3) is 0.316. The van der Waals surface area contributed by atoms with E-state index in [1.165, 1.54) is 11.8 Å². The topological polar surface area (TPSA) is 45.9 Å². The molecule has 0 N–H and O–H groups in total. The van der Waals surface area contributed by atoms with Gasteiger partial charge in [-0.05, 0) is 35.9 Å². The number of hydrogen-bond acceptors (Lipinski definition) is 4. The lowest BCUT2D eigenvalue weighted by atomic mass is 10.1. The van der Waals surface area contributed by atoms with Crippen molar-refractivity contribution in [1.29, 1.82) is 0 Å². The van der Waals surface area contributed by atoms with Crippen molar-refractivity contribution in [3.05, 3.63) is 60.1 Å². The Bertz CT molecular complexity index is 671. The molecule has 5 nitrogen and oxygen atoms in total. The first kappa shape index (κ1) is 16.3. The van der Waals surface area contributed by atoms with Gasteiger partial charge in [-0.1, -0.05) is 12.1 Å². The molecule has 1 amide bonds. The van der Waals surface area contributed by atoms with Crippen LogP contribution in [0.5, 0.6) is 0 Å². The van der Waals surface area contributed by atoms with Gasteiger partial charge in [0.2, 0.25) is 5.91 Å². The highest BCUT2D eigenvalue weighted by Crippen LogP contribution is 2.17. The van der Waals surface area contributed by atoms with E-state index in [1.807, 2.05) is 6.07 Å². The monoisotopic (exact) mass is 326 g/mol. The number of carbonyl (C=O) groups is 1. The largest absolute Gasteiger partial charge is 0.465 e. The number of nitrogens with zero attached hydrogens (tertiary/aromatic N) is 2. The van der Waals surface area contributed by atoms with E-state index in [9.17, 15) is 4.79 Å². The number of morpholine rings is 1. The fourth-order valence-corrected chi connectivity index (χ4v) is 2.65. The van der Waals surface area contributed by atoms with Gasteiger partial charge in [0.15, 0.2) is 0 Å². The fourth-order valence-electron chi connectivity index (χ4n) is 2.65. The zero-order valence-electron chi connectivity index (χ0n) is 13.9. The van der Waals surface area contributed by atoms with Gasteiger partial charge in [0, 0.05) is 38.4 Å². The number of rotatable bonds is 5. The molecule has 0 unspecified atom stereocenters. The summed E-state index contributed by atoms with van der Waals surface area (Å²) in [6, 6.07) is 12.0. The molecule has 0 bridgehead atoms. The molecule has 1 fully saturated rings. The van der Waals surface area contributed by atoms with Crippen LogP contribution in [0.25, 0.3) is 6.08 Å². The summed E-state index contributed by atoms with van der Waals surface area (Å²) in [6.45, 7) is 3.98.